The summed E-state index contributed by atoms with van der Waals surface area (Å²) in [6.07, 6.45) is 2.63. The topological polar surface area (TPSA) is 137 Å². The Balaban J connectivity index is 1.41. The molecule has 0 spiro atoms. The number of hydrogen-bond donors (Lipinski definition) is 2. The number of benzene rings is 2. The van der Waals surface area contributed by atoms with E-state index in [0.29, 0.717) is 29.8 Å². The Kier molecular flexibility index (Phi) is 7.97. The molecule has 2 aromatic heterocycles. The number of carbonyl (C=O) groups is 2. The fourth-order valence-electron chi connectivity index (χ4n) is 5.06. The summed E-state index contributed by atoms with van der Waals surface area (Å²) in [6.45, 7) is 6.74. The first kappa shape index (κ1) is 28.8. The van der Waals surface area contributed by atoms with Gasteiger partial charge in [0.1, 0.15) is 35.0 Å². The lowest BCUT2D eigenvalue weighted by Gasteiger charge is -2.34. The van der Waals surface area contributed by atoms with E-state index in [2.05, 4.69) is 15.3 Å². The Morgan fingerprint density at radius 3 is 2.74 bits per heavy atom. The predicted molar refractivity (Wildman–Crippen MR) is 155 cm³/mol. The lowest BCUT2D eigenvalue weighted by molar-refractivity contribution is 0.0169. The largest absolute Gasteiger partial charge is 0.496 e. The van der Waals surface area contributed by atoms with Crippen molar-refractivity contribution in [3.63, 3.8) is 0 Å². The summed E-state index contributed by atoms with van der Waals surface area (Å²) in [5.41, 5.74) is 8.57. The molecular formula is C30H34FN7O4. The van der Waals surface area contributed by atoms with Gasteiger partial charge >= 0.3 is 6.09 Å². The fraction of sp³-hybridized carbons (Fsp3) is 0.367. The number of methoxy groups -OCH3 is 1. The van der Waals surface area contributed by atoms with Gasteiger partial charge in [-0.05, 0) is 63.4 Å². The number of nitrogens with one attached hydrogen (secondary N) is 1. The van der Waals surface area contributed by atoms with E-state index in [0.717, 1.165) is 30.0 Å². The van der Waals surface area contributed by atoms with E-state index in [9.17, 15) is 14.0 Å². The number of piperidine rings is 1. The number of hydrogen-bond acceptors (Lipinski definition) is 8. The standard InChI is InChI=1S/C30H34FN7O4/c1-30(2,3)42-29(40)37-12-6-9-21(16-37)38-27-24(26(32)34-17-35-27)25(36-38)19-8-5-7-18(13-19)15-33-28(39)22-14-20(31)10-11-23(22)41-4/h5,7-8,10-11,13-14,17,21H,6,9,12,15-16H2,1-4H3,(H,33,39)(H2,32,34,35)/t21-/m1/s1. The molecule has 2 aromatic carbocycles. The van der Waals surface area contributed by atoms with E-state index < -0.39 is 17.3 Å². The molecule has 1 fully saturated rings. The highest BCUT2D eigenvalue weighted by molar-refractivity contribution is 5.98. The van der Waals surface area contributed by atoms with Crippen molar-refractivity contribution in [1.29, 1.82) is 0 Å². The van der Waals surface area contributed by atoms with Gasteiger partial charge in [-0.1, -0.05) is 18.2 Å². The number of fused-ring (bicyclic) bond motifs is 1. The third kappa shape index (κ3) is 6.12. The maximum Gasteiger partial charge on any atom is 0.410 e. The smallest absolute Gasteiger partial charge is 0.410 e. The molecule has 11 nitrogen and oxygen atoms in total. The van der Waals surface area contributed by atoms with Crippen molar-refractivity contribution in [3.05, 3.63) is 65.7 Å². The van der Waals surface area contributed by atoms with Gasteiger partial charge in [0, 0.05) is 25.2 Å². The van der Waals surface area contributed by atoms with Crippen molar-refractivity contribution in [2.24, 2.45) is 0 Å². The van der Waals surface area contributed by atoms with Crippen LogP contribution in [0.3, 0.4) is 0 Å². The van der Waals surface area contributed by atoms with Crippen molar-refractivity contribution in [2.75, 3.05) is 25.9 Å². The van der Waals surface area contributed by atoms with Crippen LogP contribution in [0.15, 0.2) is 48.8 Å². The molecule has 220 valence electrons. The van der Waals surface area contributed by atoms with E-state index in [4.69, 9.17) is 20.3 Å². The van der Waals surface area contributed by atoms with Gasteiger partial charge in [0.15, 0.2) is 5.65 Å². The van der Waals surface area contributed by atoms with Gasteiger partial charge in [0.25, 0.3) is 5.91 Å². The minimum atomic E-state index is -0.592. The number of aromatic nitrogens is 4. The van der Waals surface area contributed by atoms with Crippen LogP contribution in [0.1, 0.15) is 55.6 Å². The summed E-state index contributed by atoms with van der Waals surface area (Å²) >= 11 is 0. The highest BCUT2D eigenvalue weighted by Gasteiger charge is 2.31. The minimum Gasteiger partial charge on any atom is -0.496 e. The molecule has 0 saturated carbocycles. The average Bonchev–Trinajstić information content (AvgIpc) is 3.36. The van der Waals surface area contributed by atoms with Crippen molar-refractivity contribution < 1.29 is 23.5 Å². The lowest BCUT2D eigenvalue weighted by Crippen LogP contribution is -2.43. The van der Waals surface area contributed by atoms with E-state index >= 15 is 0 Å². The number of nitrogen functional groups attached to an aromatic ring is 1. The molecule has 1 aliphatic rings. The van der Waals surface area contributed by atoms with Crippen LogP contribution in [0.2, 0.25) is 0 Å². The number of anilines is 1. The molecule has 0 unspecified atom stereocenters. The molecule has 2 amide bonds. The molecule has 1 aliphatic heterocycles. The molecule has 12 heteroatoms. The predicted octanol–water partition coefficient (Wildman–Crippen LogP) is 4.73. The lowest BCUT2D eigenvalue weighted by atomic mass is 10.1. The van der Waals surface area contributed by atoms with Gasteiger partial charge in [-0.25, -0.2) is 23.8 Å². The summed E-state index contributed by atoms with van der Waals surface area (Å²) < 4.78 is 26.4. The zero-order valence-electron chi connectivity index (χ0n) is 24.1. The van der Waals surface area contributed by atoms with E-state index in [1.54, 1.807) is 4.90 Å². The fourth-order valence-corrected chi connectivity index (χ4v) is 5.06. The monoisotopic (exact) mass is 575 g/mol. The number of carbonyl (C=O) groups excluding carboxylic acids is 2. The van der Waals surface area contributed by atoms with Crippen LogP contribution in [0.25, 0.3) is 22.3 Å². The maximum atomic E-state index is 13.8. The van der Waals surface area contributed by atoms with Crippen LogP contribution in [0.4, 0.5) is 15.0 Å². The Morgan fingerprint density at radius 2 is 1.98 bits per heavy atom. The first-order chi connectivity index (χ1) is 20.0. The third-order valence-corrected chi connectivity index (χ3v) is 6.97. The van der Waals surface area contributed by atoms with Crippen LogP contribution in [-0.4, -0.2) is 62.4 Å². The normalized spacial score (nSPS) is 15.5. The van der Waals surface area contributed by atoms with Crippen molar-refractivity contribution in [3.8, 4) is 17.0 Å². The second-order valence-corrected chi connectivity index (χ2v) is 11.2. The number of nitrogens with two attached hydrogens (primary N) is 1. The summed E-state index contributed by atoms with van der Waals surface area (Å²) in [5, 5.41) is 8.37. The molecule has 5 rings (SSSR count). The molecule has 4 aromatic rings. The maximum absolute atomic E-state index is 13.8. The number of amides is 2. The van der Waals surface area contributed by atoms with Gasteiger partial charge in [-0.2, -0.15) is 5.10 Å². The molecule has 1 saturated heterocycles. The summed E-state index contributed by atoms with van der Waals surface area (Å²) in [5.74, 6) is -0.422. The molecule has 3 heterocycles. The Labute approximate surface area is 242 Å². The highest BCUT2D eigenvalue weighted by Crippen LogP contribution is 2.34. The molecule has 1 atom stereocenters. The summed E-state index contributed by atoms with van der Waals surface area (Å²) in [7, 11) is 1.43. The van der Waals surface area contributed by atoms with E-state index in [1.807, 2.05) is 49.7 Å². The zero-order chi connectivity index (χ0) is 30.0. The molecule has 3 N–H and O–H groups in total. The van der Waals surface area contributed by atoms with Gasteiger partial charge < -0.3 is 25.4 Å². The number of halogens is 1. The minimum absolute atomic E-state index is 0.108. The van der Waals surface area contributed by atoms with Crippen LogP contribution < -0.4 is 15.8 Å². The SMILES string of the molecule is COc1ccc(F)cc1C(=O)NCc1cccc(-c2nn([C@@H]3CCCN(C(=O)OC(C)(C)C)C3)c3ncnc(N)c23)c1. The van der Waals surface area contributed by atoms with Gasteiger partial charge in [-0.15, -0.1) is 0 Å². The quantitative estimate of drug-likeness (QED) is 0.337. The third-order valence-electron chi connectivity index (χ3n) is 6.97. The van der Waals surface area contributed by atoms with Gasteiger partial charge in [-0.3, -0.25) is 4.79 Å². The van der Waals surface area contributed by atoms with E-state index in [1.165, 1.54) is 25.6 Å². The number of rotatable bonds is 6. The zero-order valence-corrected chi connectivity index (χ0v) is 24.1. The molecule has 42 heavy (non-hydrogen) atoms. The first-order valence-electron chi connectivity index (χ1n) is 13.7. The molecule has 0 aliphatic carbocycles. The van der Waals surface area contributed by atoms with Crippen LogP contribution in [0.5, 0.6) is 5.75 Å². The van der Waals surface area contributed by atoms with Crippen molar-refractivity contribution in [1.82, 2.24) is 30.0 Å². The summed E-state index contributed by atoms with van der Waals surface area (Å²) in [4.78, 5) is 36.0. The Hall–Kier alpha value is -4.74. The van der Waals surface area contributed by atoms with Crippen molar-refractivity contribution in [2.45, 2.75) is 51.8 Å². The van der Waals surface area contributed by atoms with Crippen LogP contribution in [0, 0.1) is 5.82 Å². The first-order valence-corrected chi connectivity index (χ1v) is 13.7. The van der Waals surface area contributed by atoms with Crippen LogP contribution in [-0.2, 0) is 11.3 Å². The number of nitrogens with zero attached hydrogens (tertiary/aromatic N) is 5. The second-order valence-electron chi connectivity index (χ2n) is 11.2. The highest BCUT2D eigenvalue weighted by atomic mass is 19.1. The molecule has 0 radical (unpaired) electrons. The molecule has 0 bridgehead atoms. The van der Waals surface area contributed by atoms with Crippen LogP contribution >= 0.6 is 0 Å². The molecular weight excluding hydrogens is 541 g/mol. The number of ether oxygens (including phenoxy) is 2. The number of likely N-dealkylation sites (tertiary alicyclic amines) is 1. The van der Waals surface area contributed by atoms with Crippen molar-refractivity contribution >= 4 is 28.9 Å². The summed E-state index contributed by atoms with van der Waals surface area (Å²) in [6, 6.07) is 11.2. The Bertz CT molecular complexity index is 1630. The Morgan fingerprint density at radius 1 is 1.17 bits per heavy atom. The van der Waals surface area contributed by atoms with Gasteiger partial charge in [0.2, 0.25) is 0 Å². The van der Waals surface area contributed by atoms with Gasteiger partial charge in [0.05, 0.1) is 24.1 Å². The van der Waals surface area contributed by atoms with E-state index in [-0.39, 0.29) is 35.8 Å². The second kappa shape index (κ2) is 11.6. The average molecular weight is 576 g/mol.